The molecule has 0 aliphatic carbocycles. The van der Waals surface area contributed by atoms with Crippen molar-refractivity contribution in [2.45, 2.75) is 13.1 Å². The van der Waals surface area contributed by atoms with Crippen LogP contribution in [0.5, 0.6) is 0 Å². The second kappa shape index (κ2) is 8.08. The number of fused-ring (bicyclic) bond motifs is 3. The van der Waals surface area contributed by atoms with Crippen LogP contribution in [-0.2, 0) is 0 Å². The van der Waals surface area contributed by atoms with Gasteiger partial charge in [0.15, 0.2) is 0 Å². The smallest absolute Gasteiger partial charge is 0.137 e. The molecule has 0 amide bonds. The monoisotopic (exact) mass is 456 g/mol. The molecule has 0 aliphatic rings. The van der Waals surface area contributed by atoms with Crippen LogP contribution in [0.1, 0.15) is 1.37 Å². The van der Waals surface area contributed by atoms with Gasteiger partial charge in [0.05, 0.1) is 12.4 Å². The van der Waals surface area contributed by atoms with E-state index in [4.69, 9.17) is 1.37 Å². The van der Waals surface area contributed by atoms with Crippen molar-refractivity contribution < 1.29 is 1.37 Å². The third kappa shape index (κ3) is 3.35. The van der Waals surface area contributed by atoms with Gasteiger partial charge in [-0.25, -0.2) is 4.98 Å². The van der Waals surface area contributed by atoms with Gasteiger partial charge >= 0.3 is 0 Å². The third-order valence-electron chi connectivity index (χ3n) is 6.73. The Hall–Kier alpha value is -4.02. The Bertz CT molecular complexity index is 1670. The van der Waals surface area contributed by atoms with Gasteiger partial charge in [0.2, 0.25) is 0 Å². The predicted molar refractivity (Wildman–Crippen MR) is 145 cm³/mol. The molecule has 0 bridgehead atoms. The summed E-state index contributed by atoms with van der Waals surface area (Å²) in [5, 5.41) is 4.87. The first-order valence-electron chi connectivity index (χ1n) is 12.0. The Balaban J connectivity index is 1.51. The summed E-state index contributed by atoms with van der Waals surface area (Å²) >= 11 is 0. The van der Waals surface area contributed by atoms with E-state index in [1.165, 1.54) is 27.1 Å². The van der Waals surface area contributed by atoms with Crippen LogP contribution in [0.25, 0.3) is 38.8 Å². The predicted octanol–water partition coefficient (Wildman–Crippen LogP) is 6.06. The summed E-state index contributed by atoms with van der Waals surface area (Å²) in [5.41, 5.74) is 4.68. The number of rotatable bonds is 4. The van der Waals surface area contributed by atoms with Crippen LogP contribution in [0.3, 0.4) is 0 Å². The topological polar surface area (TPSA) is 30.7 Å². The second-order valence-electron chi connectivity index (χ2n) is 9.12. The molecule has 3 aromatic heterocycles. The summed E-state index contributed by atoms with van der Waals surface area (Å²) in [6.07, 6.45) is 3.50. The highest BCUT2D eigenvalue weighted by Crippen LogP contribution is 2.34. The number of para-hydroxylation sites is 1. The highest BCUT2D eigenvalue weighted by Gasteiger charge is 2.27. The van der Waals surface area contributed by atoms with E-state index in [2.05, 4.69) is 100 Å². The third-order valence-corrected chi connectivity index (χ3v) is 10.1. The number of hydrogen-bond acceptors (Lipinski definition) is 2. The highest BCUT2D eigenvalue weighted by atomic mass is 28.3. The average Bonchev–Trinajstić information content (AvgIpc) is 3.23. The van der Waals surface area contributed by atoms with E-state index in [9.17, 15) is 0 Å². The number of benzene rings is 3. The number of nitrogens with zero attached hydrogens (tertiary/aromatic N) is 3. The molecule has 3 nitrogen and oxygen atoms in total. The first-order valence-corrected chi connectivity index (χ1v) is 14.5. The molecule has 0 spiro atoms. The molecule has 0 aliphatic heterocycles. The van der Waals surface area contributed by atoms with Gasteiger partial charge in [-0.2, -0.15) is 0 Å². The minimum atomic E-state index is -2.00. The normalized spacial score (nSPS) is 12.2. The summed E-state index contributed by atoms with van der Waals surface area (Å²) < 4.78 is 10.0. The molecule has 4 heteroatoms. The number of aromatic nitrogens is 3. The fraction of sp³-hybridized carbons (Fsp3) is 0.0667. The largest absolute Gasteiger partial charge is 0.294 e. The molecule has 0 atom stereocenters. The lowest BCUT2D eigenvalue weighted by atomic mass is 10.0. The number of pyridine rings is 2. The number of hydrogen-bond donors (Lipinski definition) is 0. The molecule has 3 aromatic carbocycles. The van der Waals surface area contributed by atoms with Crippen LogP contribution < -0.4 is 10.5 Å². The maximum absolute atomic E-state index is 7.78. The molecular formula is C30H25N3Si. The average molecular weight is 457 g/mol. The zero-order valence-corrected chi connectivity index (χ0v) is 20.2. The summed E-state index contributed by atoms with van der Waals surface area (Å²) in [6.45, 7) is 4.64. The van der Waals surface area contributed by atoms with Crippen molar-refractivity contribution >= 4 is 40.4 Å². The van der Waals surface area contributed by atoms with E-state index in [1.54, 1.807) is 6.20 Å². The van der Waals surface area contributed by atoms with Crippen molar-refractivity contribution in [3.63, 3.8) is 0 Å². The van der Waals surface area contributed by atoms with Gasteiger partial charge in [0.25, 0.3) is 0 Å². The van der Waals surface area contributed by atoms with Crippen molar-refractivity contribution in [1.82, 2.24) is 14.5 Å². The molecule has 0 unspecified atom stereocenters. The Morgan fingerprint density at radius 3 is 2.32 bits per heavy atom. The fourth-order valence-corrected chi connectivity index (χ4v) is 7.02. The Morgan fingerprint density at radius 1 is 0.676 bits per heavy atom. The van der Waals surface area contributed by atoms with Gasteiger partial charge in [-0.05, 0) is 47.5 Å². The van der Waals surface area contributed by atoms with Crippen LogP contribution in [0, 0.1) is 0 Å². The molecule has 0 radical (unpaired) electrons. The van der Waals surface area contributed by atoms with Crippen molar-refractivity contribution in [1.29, 1.82) is 0 Å². The zero-order chi connectivity index (χ0) is 24.0. The quantitative estimate of drug-likeness (QED) is 0.302. The van der Waals surface area contributed by atoms with Crippen molar-refractivity contribution in [2.75, 3.05) is 0 Å². The molecule has 3 heterocycles. The van der Waals surface area contributed by atoms with Gasteiger partial charge < -0.3 is 0 Å². The lowest BCUT2D eigenvalue weighted by Gasteiger charge is -2.23. The van der Waals surface area contributed by atoms with E-state index in [-0.39, 0.29) is 0 Å². The van der Waals surface area contributed by atoms with Gasteiger partial charge in [-0.15, -0.1) is 0 Å². The van der Waals surface area contributed by atoms with E-state index < -0.39 is 8.07 Å². The molecule has 0 saturated heterocycles. The standard InChI is InChI=1S/C30H25N3Si/c1-34(2,30-15-6-8-19-32-30)24-11-9-10-22(20-24)23-16-17-26-25-12-3-4-13-27(25)33(28(26)21-23)29-14-5-7-18-31-29/h3-21H,1-2H3/i8D. The Morgan fingerprint density at radius 2 is 1.50 bits per heavy atom. The molecular weight excluding hydrogens is 430 g/mol. The minimum Gasteiger partial charge on any atom is -0.294 e. The van der Waals surface area contributed by atoms with E-state index in [0.717, 1.165) is 22.2 Å². The van der Waals surface area contributed by atoms with Crippen LogP contribution in [0.4, 0.5) is 0 Å². The van der Waals surface area contributed by atoms with Crippen LogP contribution in [-0.4, -0.2) is 22.6 Å². The zero-order valence-electron chi connectivity index (χ0n) is 20.2. The van der Waals surface area contributed by atoms with Gasteiger partial charge in [-0.3, -0.25) is 9.55 Å². The van der Waals surface area contributed by atoms with Crippen molar-refractivity contribution in [2.24, 2.45) is 0 Å². The molecule has 6 rings (SSSR count). The van der Waals surface area contributed by atoms with Crippen LogP contribution >= 0.6 is 0 Å². The minimum absolute atomic E-state index is 0.448. The first kappa shape index (κ1) is 19.4. The van der Waals surface area contributed by atoms with Gasteiger partial charge in [0, 0.05) is 28.5 Å². The van der Waals surface area contributed by atoms with Gasteiger partial charge in [0.1, 0.15) is 13.9 Å². The molecule has 0 fully saturated rings. The molecule has 164 valence electrons. The molecule has 6 aromatic rings. The molecule has 0 N–H and O–H groups in total. The van der Waals surface area contributed by atoms with Crippen LogP contribution in [0.2, 0.25) is 13.1 Å². The molecule has 0 saturated carbocycles. The fourth-order valence-electron chi connectivity index (χ4n) is 4.81. The van der Waals surface area contributed by atoms with Crippen LogP contribution in [0.15, 0.2) is 115 Å². The van der Waals surface area contributed by atoms with Crippen molar-refractivity contribution in [3.8, 4) is 16.9 Å². The first-order chi connectivity index (χ1) is 17.0. The summed E-state index contributed by atoms with van der Waals surface area (Å²) in [6, 6.07) is 34.5. The Labute approximate surface area is 201 Å². The summed E-state index contributed by atoms with van der Waals surface area (Å²) in [7, 11) is -2.00. The lowest BCUT2D eigenvalue weighted by Crippen LogP contribution is -2.54. The highest BCUT2D eigenvalue weighted by molar-refractivity contribution is 6.99. The van der Waals surface area contributed by atoms with E-state index >= 15 is 0 Å². The second-order valence-corrected chi connectivity index (χ2v) is 13.5. The van der Waals surface area contributed by atoms with Crippen molar-refractivity contribution in [3.05, 3.63) is 115 Å². The van der Waals surface area contributed by atoms with E-state index in [0.29, 0.717) is 6.04 Å². The molecule has 34 heavy (non-hydrogen) atoms. The van der Waals surface area contributed by atoms with E-state index in [1.807, 2.05) is 30.5 Å². The summed E-state index contributed by atoms with van der Waals surface area (Å²) in [4.78, 5) is 9.26. The summed E-state index contributed by atoms with van der Waals surface area (Å²) in [5.74, 6) is 0.919. The Kier molecular flexibility index (Phi) is 4.62. The SMILES string of the molecule is [2H]c1ccc([Si](C)(C)c2cccc(-c3ccc4c5ccccc5n(-c5ccccn5)c4c3)c2)nc1. The lowest BCUT2D eigenvalue weighted by molar-refractivity contribution is 1.08. The maximum Gasteiger partial charge on any atom is 0.137 e. The maximum atomic E-state index is 7.78. The van der Waals surface area contributed by atoms with Gasteiger partial charge in [-0.1, -0.05) is 85.0 Å².